The zero-order chi connectivity index (χ0) is 16.7. The number of thioether (sulfide) groups is 1. The van der Waals surface area contributed by atoms with Crippen LogP contribution in [0.4, 0.5) is 4.79 Å². The molecule has 5 nitrogen and oxygen atoms in total. The molecule has 0 bridgehead atoms. The molecule has 2 rings (SSSR count). The van der Waals surface area contributed by atoms with E-state index in [4.69, 9.17) is 4.74 Å². The molecule has 1 aliphatic heterocycles. The number of nitrogens with zero attached hydrogens (tertiary/aromatic N) is 1. The molecular weight excluding hydrogens is 312 g/mol. The molecule has 0 aliphatic carbocycles. The van der Waals surface area contributed by atoms with Gasteiger partial charge in [0.15, 0.2) is 0 Å². The fourth-order valence-electron chi connectivity index (χ4n) is 2.50. The van der Waals surface area contributed by atoms with Crippen molar-refractivity contribution in [2.45, 2.75) is 42.9 Å². The van der Waals surface area contributed by atoms with Crippen molar-refractivity contribution in [3.8, 4) is 0 Å². The Balaban J connectivity index is 1.75. The van der Waals surface area contributed by atoms with Crippen LogP contribution in [0.25, 0.3) is 0 Å². The van der Waals surface area contributed by atoms with E-state index in [0.29, 0.717) is 19.7 Å². The van der Waals surface area contributed by atoms with Gasteiger partial charge in [-0.3, -0.25) is 4.79 Å². The van der Waals surface area contributed by atoms with Gasteiger partial charge in [0.25, 0.3) is 0 Å². The maximum absolute atomic E-state index is 12.3. The zero-order valence-electron chi connectivity index (χ0n) is 13.7. The summed E-state index contributed by atoms with van der Waals surface area (Å²) in [5.74, 6) is 0.0495. The van der Waals surface area contributed by atoms with E-state index in [-0.39, 0.29) is 23.3 Å². The Morgan fingerprint density at radius 3 is 2.57 bits per heavy atom. The van der Waals surface area contributed by atoms with Crippen LogP contribution < -0.4 is 5.32 Å². The van der Waals surface area contributed by atoms with Gasteiger partial charge in [0.2, 0.25) is 5.91 Å². The lowest BCUT2D eigenvalue weighted by atomic mass is 10.1. The molecule has 1 fully saturated rings. The van der Waals surface area contributed by atoms with E-state index in [1.807, 2.05) is 37.3 Å². The summed E-state index contributed by atoms with van der Waals surface area (Å²) in [4.78, 5) is 26.7. The van der Waals surface area contributed by atoms with E-state index in [9.17, 15) is 9.59 Å². The summed E-state index contributed by atoms with van der Waals surface area (Å²) in [5, 5.41) is 2.95. The largest absolute Gasteiger partial charge is 0.450 e. The van der Waals surface area contributed by atoms with Gasteiger partial charge in [-0.05, 0) is 38.8 Å². The first-order chi connectivity index (χ1) is 11.1. The van der Waals surface area contributed by atoms with Gasteiger partial charge in [-0.25, -0.2) is 4.79 Å². The summed E-state index contributed by atoms with van der Waals surface area (Å²) in [5.41, 5.74) is 0. The monoisotopic (exact) mass is 336 g/mol. The minimum Gasteiger partial charge on any atom is -0.450 e. The maximum Gasteiger partial charge on any atom is 0.409 e. The van der Waals surface area contributed by atoms with Gasteiger partial charge in [0.05, 0.1) is 11.9 Å². The predicted octanol–water partition coefficient (Wildman–Crippen LogP) is 2.90. The summed E-state index contributed by atoms with van der Waals surface area (Å²) in [6.45, 7) is 5.37. The molecule has 0 saturated carbocycles. The van der Waals surface area contributed by atoms with Gasteiger partial charge in [-0.2, -0.15) is 0 Å². The van der Waals surface area contributed by atoms with Gasteiger partial charge in [-0.1, -0.05) is 18.2 Å². The summed E-state index contributed by atoms with van der Waals surface area (Å²) < 4.78 is 5.00. The average Bonchev–Trinajstić information content (AvgIpc) is 2.56. The van der Waals surface area contributed by atoms with Crippen LogP contribution in [0, 0.1) is 0 Å². The van der Waals surface area contributed by atoms with E-state index >= 15 is 0 Å². The van der Waals surface area contributed by atoms with Crippen molar-refractivity contribution in [3.05, 3.63) is 30.3 Å². The minimum absolute atomic E-state index is 0.0495. The van der Waals surface area contributed by atoms with Gasteiger partial charge in [-0.15, -0.1) is 11.8 Å². The van der Waals surface area contributed by atoms with Gasteiger partial charge in [0, 0.05) is 24.0 Å². The average molecular weight is 336 g/mol. The number of carbonyl (C=O) groups is 2. The molecule has 6 heteroatoms. The van der Waals surface area contributed by atoms with E-state index in [2.05, 4.69) is 5.32 Å². The second kappa shape index (κ2) is 8.82. The van der Waals surface area contributed by atoms with E-state index < -0.39 is 0 Å². The van der Waals surface area contributed by atoms with E-state index in [1.54, 1.807) is 23.6 Å². The van der Waals surface area contributed by atoms with Crippen molar-refractivity contribution >= 4 is 23.8 Å². The molecule has 1 unspecified atom stereocenters. The highest BCUT2D eigenvalue weighted by molar-refractivity contribution is 8.00. The number of hydrogen-bond donors (Lipinski definition) is 1. The lowest BCUT2D eigenvalue weighted by Crippen LogP contribution is -2.48. The third-order valence-corrected chi connectivity index (χ3v) is 4.90. The highest BCUT2D eigenvalue weighted by Gasteiger charge is 2.26. The Kier molecular flexibility index (Phi) is 6.77. The molecule has 1 aromatic rings. The van der Waals surface area contributed by atoms with Crippen molar-refractivity contribution in [2.24, 2.45) is 0 Å². The smallest absolute Gasteiger partial charge is 0.409 e. The first-order valence-electron chi connectivity index (χ1n) is 8.04. The quantitative estimate of drug-likeness (QED) is 0.840. The Bertz CT molecular complexity index is 516. The van der Waals surface area contributed by atoms with Crippen LogP contribution in [0.3, 0.4) is 0 Å². The fraction of sp³-hybridized carbons (Fsp3) is 0.529. The van der Waals surface area contributed by atoms with Gasteiger partial charge < -0.3 is 15.0 Å². The molecular formula is C17H24N2O3S. The normalized spacial score (nSPS) is 16.7. The Labute approximate surface area is 141 Å². The fourth-order valence-corrected chi connectivity index (χ4v) is 3.39. The van der Waals surface area contributed by atoms with Crippen molar-refractivity contribution in [3.63, 3.8) is 0 Å². The van der Waals surface area contributed by atoms with E-state index in [0.717, 1.165) is 17.7 Å². The third kappa shape index (κ3) is 5.46. The number of hydrogen-bond acceptors (Lipinski definition) is 4. The molecule has 1 aliphatic rings. The van der Waals surface area contributed by atoms with Crippen LogP contribution in [-0.2, 0) is 9.53 Å². The van der Waals surface area contributed by atoms with Crippen LogP contribution in [0.5, 0.6) is 0 Å². The lowest BCUT2D eigenvalue weighted by Gasteiger charge is -2.32. The first-order valence-corrected chi connectivity index (χ1v) is 8.92. The Morgan fingerprint density at radius 1 is 1.30 bits per heavy atom. The molecule has 1 atom stereocenters. The standard InChI is InChI=1S/C17H24N2O3S/c1-3-22-17(21)19-11-9-14(10-12-19)18-16(20)13(2)23-15-7-5-4-6-8-15/h4-8,13-14H,3,9-12H2,1-2H3,(H,18,20). The van der Waals surface area contributed by atoms with Crippen molar-refractivity contribution < 1.29 is 14.3 Å². The molecule has 126 valence electrons. The third-order valence-electron chi connectivity index (χ3n) is 3.79. The highest BCUT2D eigenvalue weighted by atomic mass is 32.2. The Morgan fingerprint density at radius 2 is 1.96 bits per heavy atom. The molecule has 1 N–H and O–H groups in total. The maximum atomic E-state index is 12.3. The minimum atomic E-state index is -0.259. The summed E-state index contributed by atoms with van der Waals surface area (Å²) in [7, 11) is 0. The number of carbonyl (C=O) groups excluding carboxylic acids is 2. The summed E-state index contributed by atoms with van der Waals surface area (Å²) >= 11 is 1.56. The van der Waals surface area contributed by atoms with Crippen LogP contribution in [0.1, 0.15) is 26.7 Å². The lowest BCUT2D eigenvalue weighted by molar-refractivity contribution is -0.121. The van der Waals surface area contributed by atoms with Crippen LogP contribution in [0.15, 0.2) is 35.2 Å². The zero-order valence-corrected chi connectivity index (χ0v) is 14.5. The Hall–Kier alpha value is -1.69. The van der Waals surface area contributed by atoms with Gasteiger partial charge >= 0.3 is 6.09 Å². The number of amides is 2. The van der Waals surface area contributed by atoms with Crippen LogP contribution in [-0.4, -0.2) is 47.9 Å². The molecule has 23 heavy (non-hydrogen) atoms. The molecule has 0 aromatic heterocycles. The number of nitrogens with one attached hydrogen (secondary N) is 1. The van der Waals surface area contributed by atoms with Crippen molar-refractivity contribution in [1.82, 2.24) is 10.2 Å². The molecule has 1 aromatic carbocycles. The topological polar surface area (TPSA) is 58.6 Å². The highest BCUT2D eigenvalue weighted by Crippen LogP contribution is 2.23. The second-order valence-electron chi connectivity index (χ2n) is 5.54. The summed E-state index contributed by atoms with van der Waals surface area (Å²) in [6.07, 6.45) is 1.28. The van der Waals surface area contributed by atoms with Crippen LogP contribution >= 0.6 is 11.8 Å². The molecule has 0 radical (unpaired) electrons. The predicted molar refractivity (Wildman–Crippen MR) is 91.5 cm³/mol. The second-order valence-corrected chi connectivity index (χ2v) is 6.96. The first kappa shape index (κ1) is 17.7. The number of ether oxygens (including phenoxy) is 1. The van der Waals surface area contributed by atoms with Gasteiger partial charge in [0.1, 0.15) is 0 Å². The SMILES string of the molecule is CCOC(=O)N1CCC(NC(=O)C(C)Sc2ccccc2)CC1. The van der Waals surface area contributed by atoms with Crippen molar-refractivity contribution in [2.75, 3.05) is 19.7 Å². The molecule has 0 spiro atoms. The molecule has 1 saturated heterocycles. The van der Waals surface area contributed by atoms with E-state index in [1.165, 1.54) is 0 Å². The number of benzene rings is 1. The molecule has 2 amide bonds. The molecule has 1 heterocycles. The number of likely N-dealkylation sites (tertiary alicyclic amines) is 1. The number of rotatable bonds is 5. The summed E-state index contributed by atoms with van der Waals surface area (Å²) in [6, 6.07) is 10.0. The van der Waals surface area contributed by atoms with Crippen LogP contribution in [0.2, 0.25) is 0 Å². The van der Waals surface area contributed by atoms with Crippen molar-refractivity contribution in [1.29, 1.82) is 0 Å². The number of piperidine rings is 1.